The van der Waals surface area contributed by atoms with E-state index < -0.39 is 12.1 Å². The van der Waals surface area contributed by atoms with Crippen molar-refractivity contribution in [3.8, 4) is 0 Å². The largest absolute Gasteiger partial charge is 0.354 e. The molecule has 0 saturated carbocycles. The summed E-state index contributed by atoms with van der Waals surface area (Å²) in [7, 11) is 0. The van der Waals surface area contributed by atoms with Crippen molar-refractivity contribution in [3.63, 3.8) is 0 Å². The van der Waals surface area contributed by atoms with Crippen LogP contribution in [0.15, 0.2) is 78.9 Å². The molecule has 4 amide bonds. The summed E-state index contributed by atoms with van der Waals surface area (Å²) in [5, 5.41) is 6.69. The van der Waals surface area contributed by atoms with Gasteiger partial charge in [-0.3, -0.25) is 4.84 Å². The van der Waals surface area contributed by atoms with Gasteiger partial charge in [0, 0.05) is 21.4 Å². The molecule has 0 fully saturated rings. The Morgan fingerprint density at radius 3 is 1.76 bits per heavy atom. The number of nitrogens with one attached hydrogen (secondary N) is 2. The second-order valence-electron chi connectivity index (χ2n) is 5.93. The highest BCUT2D eigenvalue weighted by Gasteiger charge is 2.24. The van der Waals surface area contributed by atoms with E-state index in [2.05, 4.69) is 10.6 Å². The van der Waals surface area contributed by atoms with Crippen molar-refractivity contribution >= 4 is 46.6 Å². The summed E-state index contributed by atoms with van der Waals surface area (Å²) in [6.07, 6.45) is 0. The molecule has 0 bridgehead atoms. The number of hydrogen-bond donors (Lipinski definition) is 2. The number of nitrogens with zero attached hydrogens (tertiary/aromatic N) is 1. The number of benzene rings is 3. The highest BCUT2D eigenvalue weighted by atomic mass is 35.5. The maximum atomic E-state index is 12.7. The third kappa shape index (κ3) is 6.22. The fourth-order valence-electron chi connectivity index (χ4n) is 2.40. The molecule has 0 atom stereocenters. The van der Waals surface area contributed by atoms with E-state index in [1.165, 1.54) is 0 Å². The Hall–Kier alpha value is -3.06. The zero-order valence-corrected chi connectivity index (χ0v) is 16.7. The number of urea groups is 2. The van der Waals surface area contributed by atoms with Crippen molar-refractivity contribution in [1.29, 1.82) is 0 Å². The maximum absolute atomic E-state index is 12.7. The van der Waals surface area contributed by atoms with Gasteiger partial charge in [-0.1, -0.05) is 65.7 Å². The Morgan fingerprint density at radius 1 is 0.759 bits per heavy atom. The lowest BCUT2D eigenvalue weighted by molar-refractivity contribution is -0.0827. The molecule has 3 aromatic carbocycles. The number of halogens is 2. The normalized spacial score (nSPS) is 10.3. The lowest BCUT2D eigenvalue weighted by Crippen LogP contribution is -2.42. The molecule has 0 aliphatic heterocycles. The Morgan fingerprint density at radius 2 is 1.28 bits per heavy atom. The molecule has 2 N–H and O–H groups in total. The van der Waals surface area contributed by atoms with Crippen LogP contribution in [-0.2, 0) is 11.4 Å². The first-order valence-corrected chi connectivity index (χ1v) is 9.37. The number of anilines is 2. The molecule has 0 radical (unpaired) electrons. The molecule has 0 aliphatic rings. The van der Waals surface area contributed by atoms with Gasteiger partial charge in [0.25, 0.3) is 0 Å². The molecule has 3 rings (SSSR count). The molecule has 148 valence electrons. The van der Waals surface area contributed by atoms with Gasteiger partial charge in [-0.2, -0.15) is 0 Å². The highest BCUT2D eigenvalue weighted by Crippen LogP contribution is 2.18. The molecule has 0 spiro atoms. The van der Waals surface area contributed by atoms with E-state index in [1.807, 2.05) is 30.3 Å². The zero-order valence-electron chi connectivity index (χ0n) is 15.1. The topological polar surface area (TPSA) is 70.7 Å². The van der Waals surface area contributed by atoms with Crippen molar-refractivity contribution in [2.24, 2.45) is 0 Å². The number of carbonyl (C=O) groups is 2. The molecule has 3 aromatic rings. The minimum Gasteiger partial charge on any atom is -0.306 e. The van der Waals surface area contributed by atoms with Gasteiger partial charge in [0.15, 0.2) is 0 Å². The highest BCUT2D eigenvalue weighted by molar-refractivity contribution is 6.31. The first-order chi connectivity index (χ1) is 14.0. The number of amides is 4. The van der Waals surface area contributed by atoms with E-state index in [0.717, 1.165) is 5.56 Å². The van der Waals surface area contributed by atoms with Crippen LogP contribution in [0.4, 0.5) is 21.0 Å². The van der Waals surface area contributed by atoms with Crippen molar-refractivity contribution in [2.75, 3.05) is 10.6 Å². The van der Waals surface area contributed by atoms with E-state index in [4.69, 9.17) is 28.0 Å². The van der Waals surface area contributed by atoms with Gasteiger partial charge < -0.3 is 10.6 Å². The number of rotatable bonds is 5. The SMILES string of the molecule is O=C(Nc1cccc(Cl)c1)N(OCc1ccccc1)C(=O)Nc1cccc(Cl)c1. The first-order valence-electron chi connectivity index (χ1n) is 8.61. The fraction of sp³-hybridized carbons (Fsp3) is 0.0476. The minimum atomic E-state index is -0.775. The fourth-order valence-corrected chi connectivity index (χ4v) is 2.78. The van der Waals surface area contributed by atoms with Gasteiger partial charge in [0.05, 0.1) is 0 Å². The molecule has 8 heteroatoms. The van der Waals surface area contributed by atoms with Gasteiger partial charge in [-0.25, -0.2) is 9.59 Å². The van der Waals surface area contributed by atoms with Crippen LogP contribution in [-0.4, -0.2) is 17.1 Å². The van der Waals surface area contributed by atoms with Gasteiger partial charge in [0.1, 0.15) is 6.61 Å². The van der Waals surface area contributed by atoms with E-state index in [1.54, 1.807) is 48.5 Å². The van der Waals surface area contributed by atoms with Crippen LogP contribution < -0.4 is 10.6 Å². The summed E-state index contributed by atoms with van der Waals surface area (Å²) >= 11 is 11.9. The van der Waals surface area contributed by atoms with E-state index in [0.29, 0.717) is 26.5 Å². The number of hydrogen-bond acceptors (Lipinski definition) is 3. The maximum Gasteiger partial charge on any atom is 0.354 e. The van der Waals surface area contributed by atoms with Crippen molar-refractivity contribution < 1.29 is 14.4 Å². The van der Waals surface area contributed by atoms with Crippen molar-refractivity contribution in [1.82, 2.24) is 5.06 Å². The molecule has 0 aliphatic carbocycles. The second-order valence-corrected chi connectivity index (χ2v) is 6.81. The lowest BCUT2D eigenvalue weighted by atomic mass is 10.2. The van der Waals surface area contributed by atoms with Crippen LogP contribution in [0.2, 0.25) is 10.0 Å². The molecule has 0 heterocycles. The van der Waals surface area contributed by atoms with Crippen molar-refractivity contribution in [3.05, 3.63) is 94.5 Å². The third-order valence-electron chi connectivity index (χ3n) is 3.72. The Kier molecular flexibility index (Phi) is 7.08. The summed E-state index contributed by atoms with van der Waals surface area (Å²) < 4.78 is 0. The van der Waals surface area contributed by atoms with Crippen LogP contribution in [0.1, 0.15) is 5.56 Å². The predicted octanol–water partition coefficient (Wildman–Crippen LogP) is 6.19. The number of hydroxylamine groups is 2. The van der Waals surface area contributed by atoms with Crippen LogP contribution in [0.25, 0.3) is 0 Å². The molecule has 0 aromatic heterocycles. The van der Waals surface area contributed by atoms with E-state index in [-0.39, 0.29) is 6.61 Å². The third-order valence-corrected chi connectivity index (χ3v) is 4.19. The summed E-state index contributed by atoms with van der Waals surface area (Å²) in [5.41, 5.74) is 1.64. The molecular formula is C21H17Cl2N3O3. The smallest absolute Gasteiger partial charge is 0.306 e. The first kappa shape index (κ1) is 20.7. The van der Waals surface area contributed by atoms with E-state index in [9.17, 15) is 9.59 Å². The molecule has 6 nitrogen and oxygen atoms in total. The zero-order chi connectivity index (χ0) is 20.6. The van der Waals surface area contributed by atoms with Crippen molar-refractivity contribution in [2.45, 2.75) is 6.61 Å². The monoisotopic (exact) mass is 429 g/mol. The molecule has 0 unspecified atom stereocenters. The number of carbonyl (C=O) groups excluding carboxylic acids is 2. The molecule has 29 heavy (non-hydrogen) atoms. The Bertz CT molecular complexity index is 940. The summed E-state index contributed by atoms with van der Waals surface area (Å²) in [6.45, 7) is 0.0206. The Labute approximate surface area is 177 Å². The molecular weight excluding hydrogens is 413 g/mol. The van der Waals surface area contributed by atoms with Crippen LogP contribution in [0.5, 0.6) is 0 Å². The van der Waals surface area contributed by atoms with Gasteiger partial charge in [0.2, 0.25) is 0 Å². The number of imide groups is 1. The van der Waals surface area contributed by atoms with Crippen LogP contribution in [0, 0.1) is 0 Å². The molecule has 0 saturated heterocycles. The quantitative estimate of drug-likeness (QED) is 0.474. The predicted molar refractivity (Wildman–Crippen MR) is 114 cm³/mol. The Balaban J connectivity index is 1.75. The minimum absolute atomic E-state index is 0.0206. The van der Waals surface area contributed by atoms with Gasteiger partial charge >= 0.3 is 12.1 Å². The van der Waals surface area contributed by atoms with Gasteiger partial charge in [-0.15, -0.1) is 5.06 Å². The van der Waals surface area contributed by atoms with E-state index >= 15 is 0 Å². The van der Waals surface area contributed by atoms with Crippen LogP contribution >= 0.6 is 23.2 Å². The van der Waals surface area contributed by atoms with Gasteiger partial charge in [-0.05, 0) is 42.0 Å². The second kappa shape index (κ2) is 9.93. The standard InChI is InChI=1S/C21H17Cl2N3O3/c22-16-8-4-10-18(12-16)24-20(27)26(29-14-15-6-2-1-3-7-15)21(28)25-19-11-5-9-17(23)13-19/h1-13H,14H2,(H,24,27)(H,25,28). The average Bonchev–Trinajstić information content (AvgIpc) is 2.69. The van der Waals surface area contributed by atoms with Crippen LogP contribution in [0.3, 0.4) is 0 Å². The average molecular weight is 430 g/mol. The summed E-state index contributed by atoms with van der Waals surface area (Å²) in [6, 6.07) is 20.7. The summed E-state index contributed by atoms with van der Waals surface area (Å²) in [5.74, 6) is 0. The lowest BCUT2D eigenvalue weighted by Gasteiger charge is -2.21. The summed E-state index contributed by atoms with van der Waals surface area (Å²) in [4.78, 5) is 30.9.